The van der Waals surface area contributed by atoms with Gasteiger partial charge in [-0.2, -0.15) is 5.26 Å². The molecule has 6 nitrogen and oxygen atoms in total. The number of nitrogens with one attached hydrogen (secondary N) is 1. The highest BCUT2D eigenvalue weighted by atomic mass is 16.5. The van der Waals surface area contributed by atoms with E-state index in [4.69, 9.17) is 9.47 Å². The molecule has 0 saturated heterocycles. The highest BCUT2D eigenvalue weighted by Gasteiger charge is 2.41. The van der Waals surface area contributed by atoms with Crippen LogP contribution in [0, 0.1) is 23.0 Å². The number of benzene rings is 3. The van der Waals surface area contributed by atoms with Crippen LogP contribution in [0.2, 0.25) is 0 Å². The van der Waals surface area contributed by atoms with E-state index < -0.39 is 5.72 Å². The van der Waals surface area contributed by atoms with E-state index in [9.17, 15) is 10.5 Å². The van der Waals surface area contributed by atoms with Gasteiger partial charge in [-0.15, -0.1) is 5.26 Å². The molecule has 1 aromatic heterocycles. The third-order valence-corrected chi connectivity index (χ3v) is 4.73. The van der Waals surface area contributed by atoms with E-state index in [1.54, 1.807) is 24.6 Å². The second-order valence-electron chi connectivity index (χ2n) is 6.44. The molecule has 1 heterocycles. The number of nitriles is 2. The molecule has 1 atom stereocenters. The van der Waals surface area contributed by atoms with Crippen LogP contribution >= 0.6 is 0 Å². The number of ether oxygens (including phenoxy) is 2. The van der Waals surface area contributed by atoms with Crippen molar-refractivity contribution in [1.82, 2.24) is 4.98 Å². The number of anilines is 1. The molecule has 4 aromatic rings. The summed E-state index contributed by atoms with van der Waals surface area (Å²) in [4.78, 5) is 4.39. The number of hydrogen-bond donors (Lipinski definition) is 1. The molecule has 0 amide bonds. The van der Waals surface area contributed by atoms with Crippen LogP contribution in [-0.4, -0.2) is 4.98 Å². The zero-order valence-corrected chi connectivity index (χ0v) is 15.8. The van der Waals surface area contributed by atoms with Crippen molar-refractivity contribution >= 4 is 16.6 Å². The number of rotatable bonds is 6. The van der Waals surface area contributed by atoms with E-state index in [0.29, 0.717) is 16.6 Å². The molecule has 4 rings (SSSR count). The lowest BCUT2D eigenvalue weighted by Crippen LogP contribution is -2.39. The number of aromatic nitrogens is 1. The third kappa shape index (κ3) is 3.34. The Labute approximate surface area is 173 Å². The maximum atomic E-state index is 9.60. The molecule has 0 aliphatic carbocycles. The van der Waals surface area contributed by atoms with Gasteiger partial charge in [0, 0.05) is 22.8 Å². The van der Waals surface area contributed by atoms with Gasteiger partial charge in [0.25, 0.3) is 12.5 Å². The van der Waals surface area contributed by atoms with Gasteiger partial charge in [0.05, 0.1) is 5.56 Å². The second kappa shape index (κ2) is 8.22. The monoisotopic (exact) mass is 392 g/mol. The Balaban J connectivity index is 2.04. The SMILES string of the molecule is N#COc1c(C(Nc2ccccc2)(OC#N)c2ccccc2)ccc2cccnc12. The van der Waals surface area contributed by atoms with Crippen LogP contribution in [0.3, 0.4) is 0 Å². The van der Waals surface area contributed by atoms with Crippen LogP contribution < -0.4 is 10.1 Å². The first kappa shape index (κ1) is 18.8. The first-order valence-electron chi connectivity index (χ1n) is 9.18. The fraction of sp³-hybridized carbons (Fsp3) is 0.0417. The van der Waals surface area contributed by atoms with Crippen molar-refractivity contribution in [2.75, 3.05) is 5.32 Å². The summed E-state index contributed by atoms with van der Waals surface area (Å²) in [5.74, 6) is 0.220. The fourth-order valence-corrected chi connectivity index (χ4v) is 3.45. The summed E-state index contributed by atoms with van der Waals surface area (Å²) >= 11 is 0. The molecule has 1 unspecified atom stereocenters. The molecule has 0 spiro atoms. The number of fused-ring (bicyclic) bond motifs is 1. The van der Waals surface area contributed by atoms with Crippen molar-refractivity contribution in [2.45, 2.75) is 5.72 Å². The van der Waals surface area contributed by atoms with E-state index in [1.807, 2.05) is 79.1 Å². The first-order valence-corrected chi connectivity index (χ1v) is 9.18. The highest BCUT2D eigenvalue weighted by Crippen LogP contribution is 2.42. The molecular weight excluding hydrogens is 376 g/mol. The average molecular weight is 392 g/mol. The van der Waals surface area contributed by atoms with E-state index in [2.05, 4.69) is 10.3 Å². The summed E-state index contributed by atoms with van der Waals surface area (Å²) in [6.07, 6.45) is 5.18. The van der Waals surface area contributed by atoms with E-state index in [1.165, 1.54) is 0 Å². The van der Waals surface area contributed by atoms with Gasteiger partial charge in [-0.1, -0.05) is 60.7 Å². The van der Waals surface area contributed by atoms with Crippen molar-refractivity contribution in [2.24, 2.45) is 0 Å². The van der Waals surface area contributed by atoms with Gasteiger partial charge in [-0.25, -0.2) is 0 Å². The summed E-state index contributed by atoms with van der Waals surface area (Å²) in [7, 11) is 0. The summed E-state index contributed by atoms with van der Waals surface area (Å²) < 4.78 is 11.1. The van der Waals surface area contributed by atoms with Crippen LogP contribution in [0.15, 0.2) is 91.1 Å². The Morgan fingerprint density at radius 1 is 0.800 bits per heavy atom. The van der Waals surface area contributed by atoms with E-state index >= 15 is 0 Å². The Morgan fingerprint density at radius 2 is 1.53 bits per heavy atom. The van der Waals surface area contributed by atoms with Crippen molar-refractivity contribution in [1.29, 1.82) is 10.5 Å². The van der Waals surface area contributed by atoms with Crippen LogP contribution in [-0.2, 0) is 10.5 Å². The molecule has 0 radical (unpaired) electrons. The molecule has 0 fully saturated rings. The summed E-state index contributed by atoms with van der Waals surface area (Å²) in [6, 6.07) is 25.9. The van der Waals surface area contributed by atoms with Gasteiger partial charge in [0.2, 0.25) is 5.72 Å². The minimum Gasteiger partial charge on any atom is -0.390 e. The Morgan fingerprint density at radius 3 is 2.23 bits per heavy atom. The van der Waals surface area contributed by atoms with E-state index in [-0.39, 0.29) is 5.75 Å². The lowest BCUT2D eigenvalue weighted by atomic mass is 9.91. The van der Waals surface area contributed by atoms with Crippen LogP contribution in [0.5, 0.6) is 5.75 Å². The summed E-state index contributed by atoms with van der Waals surface area (Å²) in [5, 5.41) is 23.1. The maximum absolute atomic E-state index is 9.60. The average Bonchev–Trinajstić information content (AvgIpc) is 2.80. The van der Waals surface area contributed by atoms with Gasteiger partial charge in [-0.3, -0.25) is 4.98 Å². The van der Waals surface area contributed by atoms with Gasteiger partial charge < -0.3 is 14.8 Å². The Bertz CT molecular complexity index is 1250. The molecule has 1 N–H and O–H groups in total. The third-order valence-electron chi connectivity index (χ3n) is 4.73. The quantitative estimate of drug-likeness (QED) is 0.370. The maximum Gasteiger partial charge on any atom is 0.292 e. The zero-order valence-electron chi connectivity index (χ0n) is 15.8. The highest BCUT2D eigenvalue weighted by molar-refractivity contribution is 5.86. The molecular formula is C24H16N4O2. The van der Waals surface area contributed by atoms with Crippen LogP contribution in [0.1, 0.15) is 11.1 Å². The minimum atomic E-state index is -1.45. The predicted molar refractivity (Wildman–Crippen MR) is 112 cm³/mol. The van der Waals surface area contributed by atoms with Gasteiger partial charge >= 0.3 is 0 Å². The number of para-hydroxylation sites is 1. The second-order valence-corrected chi connectivity index (χ2v) is 6.44. The molecule has 0 aliphatic rings. The number of pyridine rings is 1. The normalized spacial score (nSPS) is 12.2. The number of nitrogens with zero attached hydrogens (tertiary/aromatic N) is 3. The summed E-state index contributed by atoms with van der Waals surface area (Å²) in [6.45, 7) is 0. The van der Waals surface area contributed by atoms with Gasteiger partial charge in [0.1, 0.15) is 5.52 Å². The first-order chi connectivity index (χ1) is 14.8. The molecule has 30 heavy (non-hydrogen) atoms. The van der Waals surface area contributed by atoms with Crippen molar-refractivity contribution in [3.8, 4) is 18.3 Å². The van der Waals surface area contributed by atoms with E-state index in [0.717, 1.165) is 11.1 Å². The minimum absolute atomic E-state index is 0.220. The van der Waals surface area contributed by atoms with Crippen LogP contribution in [0.25, 0.3) is 10.9 Å². The molecule has 3 aromatic carbocycles. The lowest BCUT2D eigenvalue weighted by molar-refractivity contribution is 0.0998. The van der Waals surface area contributed by atoms with Gasteiger partial charge in [-0.05, 0) is 24.3 Å². The Kier molecular flexibility index (Phi) is 5.15. The molecule has 144 valence electrons. The molecule has 0 aliphatic heterocycles. The van der Waals surface area contributed by atoms with Crippen molar-refractivity contribution in [3.63, 3.8) is 0 Å². The Hall–Kier alpha value is -4.55. The summed E-state index contributed by atoms with van der Waals surface area (Å²) in [5.41, 5.74) is 0.879. The fourth-order valence-electron chi connectivity index (χ4n) is 3.45. The zero-order chi connectivity index (χ0) is 20.8. The number of hydrogen-bond acceptors (Lipinski definition) is 6. The molecule has 0 saturated carbocycles. The molecule has 0 bridgehead atoms. The van der Waals surface area contributed by atoms with Crippen molar-refractivity contribution < 1.29 is 9.47 Å². The predicted octanol–water partition coefficient (Wildman–Crippen LogP) is 4.91. The van der Waals surface area contributed by atoms with Gasteiger partial charge in [0.15, 0.2) is 5.75 Å². The smallest absolute Gasteiger partial charge is 0.292 e. The lowest BCUT2D eigenvalue weighted by Gasteiger charge is -2.34. The standard InChI is InChI=1S/C24H16N4O2/c25-16-29-23-21(14-13-18-8-7-15-27-22(18)23)24(30-17-26,19-9-3-1-4-10-19)28-20-11-5-2-6-12-20/h1-15,28H. The largest absolute Gasteiger partial charge is 0.390 e. The topological polar surface area (TPSA) is 91.0 Å². The molecule has 6 heteroatoms. The van der Waals surface area contributed by atoms with Crippen LogP contribution in [0.4, 0.5) is 5.69 Å². The van der Waals surface area contributed by atoms with Crippen molar-refractivity contribution in [3.05, 3.63) is 102 Å².